The first-order chi connectivity index (χ1) is 7.79. The highest BCUT2D eigenvalue weighted by Crippen LogP contribution is 2.20. The fourth-order valence-corrected chi connectivity index (χ4v) is 1.68. The highest BCUT2D eigenvalue weighted by molar-refractivity contribution is 5.40. The monoisotopic (exact) mass is 223 g/mol. The summed E-state index contributed by atoms with van der Waals surface area (Å²) in [6.07, 6.45) is 8.16. The molecule has 1 aliphatic carbocycles. The van der Waals surface area contributed by atoms with Gasteiger partial charge in [0.25, 0.3) is 0 Å². The first-order valence-corrected chi connectivity index (χ1v) is 6.21. The quantitative estimate of drug-likeness (QED) is 0.767. The van der Waals surface area contributed by atoms with Crippen molar-refractivity contribution in [3.63, 3.8) is 0 Å². The molecule has 0 aliphatic heterocycles. The van der Waals surface area contributed by atoms with Crippen LogP contribution in [-0.4, -0.2) is 18.3 Å². The third kappa shape index (κ3) is 4.67. The zero-order valence-electron chi connectivity index (χ0n) is 11.0. The maximum absolute atomic E-state index is 9.00. The van der Waals surface area contributed by atoms with Crippen molar-refractivity contribution in [1.82, 2.24) is 5.32 Å². The lowest BCUT2D eigenvalue weighted by atomic mass is 10.0. The molecule has 0 bridgehead atoms. The van der Waals surface area contributed by atoms with Crippen LogP contribution in [0.5, 0.6) is 0 Å². The molecule has 0 aromatic carbocycles. The van der Waals surface area contributed by atoms with Crippen LogP contribution in [0.15, 0.2) is 35.1 Å². The molecule has 2 heteroatoms. The molecule has 0 amide bonds. The van der Waals surface area contributed by atoms with Crippen molar-refractivity contribution in [3.05, 3.63) is 35.1 Å². The lowest BCUT2D eigenvalue weighted by Gasteiger charge is -2.13. The van der Waals surface area contributed by atoms with Gasteiger partial charge >= 0.3 is 0 Å². The molecule has 0 saturated carbocycles. The molecule has 0 atom stereocenters. The summed E-state index contributed by atoms with van der Waals surface area (Å²) in [5.74, 6) is 0. The highest BCUT2D eigenvalue weighted by Gasteiger charge is 2.08. The van der Waals surface area contributed by atoms with Crippen LogP contribution in [0.25, 0.3) is 0 Å². The molecule has 0 saturated heterocycles. The van der Waals surface area contributed by atoms with E-state index < -0.39 is 0 Å². The Morgan fingerprint density at radius 3 is 2.62 bits per heavy atom. The van der Waals surface area contributed by atoms with Crippen molar-refractivity contribution < 1.29 is 5.11 Å². The molecule has 1 rings (SSSR count). The number of aliphatic hydroxyl groups is 1. The van der Waals surface area contributed by atoms with E-state index in [0.717, 1.165) is 19.4 Å². The number of rotatable bonds is 4. The number of aliphatic hydroxyl groups excluding tert-OH is 1. The summed E-state index contributed by atoms with van der Waals surface area (Å²) in [5, 5.41) is 12.3. The van der Waals surface area contributed by atoms with Crippen LogP contribution in [-0.2, 0) is 0 Å². The number of nitrogens with one attached hydrogen (secondary N) is 1. The van der Waals surface area contributed by atoms with Gasteiger partial charge in [0.05, 0.1) is 0 Å². The molecular formula is C14H25NO. The van der Waals surface area contributed by atoms with Crippen molar-refractivity contribution in [2.24, 2.45) is 0 Å². The Balaban J connectivity index is 0.00000106. The Bertz CT molecular complexity index is 274. The molecule has 0 spiro atoms. The lowest BCUT2D eigenvalue weighted by Crippen LogP contribution is -2.15. The smallest absolute Gasteiger partial charge is 0.0472 e. The largest absolute Gasteiger partial charge is 0.396 e. The SMILES string of the molecule is CC.CCNC1=CCC=CC(C)=C1CCO. The van der Waals surface area contributed by atoms with Crippen LogP contribution >= 0.6 is 0 Å². The van der Waals surface area contributed by atoms with Crippen molar-refractivity contribution in [2.75, 3.05) is 13.2 Å². The van der Waals surface area contributed by atoms with Gasteiger partial charge in [0.15, 0.2) is 0 Å². The molecule has 92 valence electrons. The maximum Gasteiger partial charge on any atom is 0.0472 e. The fourth-order valence-electron chi connectivity index (χ4n) is 1.68. The highest BCUT2D eigenvalue weighted by atomic mass is 16.2. The number of likely N-dealkylation sites (N-methyl/N-ethyl adjacent to an activating group) is 1. The van der Waals surface area contributed by atoms with Gasteiger partial charge in [-0.1, -0.05) is 32.1 Å². The van der Waals surface area contributed by atoms with Gasteiger partial charge in [-0.15, -0.1) is 0 Å². The average molecular weight is 223 g/mol. The second-order valence-corrected chi connectivity index (χ2v) is 3.42. The third-order valence-electron chi connectivity index (χ3n) is 2.36. The summed E-state index contributed by atoms with van der Waals surface area (Å²) in [4.78, 5) is 0. The van der Waals surface area contributed by atoms with Crippen LogP contribution in [0.4, 0.5) is 0 Å². The summed E-state index contributed by atoms with van der Waals surface area (Å²) in [7, 11) is 0. The van der Waals surface area contributed by atoms with Crippen LogP contribution < -0.4 is 5.32 Å². The van der Waals surface area contributed by atoms with E-state index in [1.807, 2.05) is 13.8 Å². The number of hydrogen-bond acceptors (Lipinski definition) is 2. The van der Waals surface area contributed by atoms with E-state index >= 15 is 0 Å². The molecule has 16 heavy (non-hydrogen) atoms. The van der Waals surface area contributed by atoms with Crippen molar-refractivity contribution in [2.45, 2.75) is 40.5 Å². The molecular weight excluding hydrogens is 198 g/mol. The van der Waals surface area contributed by atoms with Gasteiger partial charge in [0.1, 0.15) is 0 Å². The van der Waals surface area contributed by atoms with Gasteiger partial charge < -0.3 is 10.4 Å². The van der Waals surface area contributed by atoms with Crippen molar-refractivity contribution >= 4 is 0 Å². The standard InChI is InChI=1S/C12H19NO.C2H6/c1-3-13-12-7-5-4-6-10(2)11(12)8-9-14;1-2/h4,6-7,13-14H,3,5,8-9H2,1-2H3;1-2H3. The molecule has 0 radical (unpaired) electrons. The van der Waals surface area contributed by atoms with Gasteiger partial charge in [-0.25, -0.2) is 0 Å². The van der Waals surface area contributed by atoms with Gasteiger partial charge in [-0.2, -0.15) is 0 Å². The van der Waals surface area contributed by atoms with Crippen molar-refractivity contribution in [3.8, 4) is 0 Å². The maximum atomic E-state index is 9.00. The molecule has 0 heterocycles. The first kappa shape index (κ1) is 15.0. The summed E-state index contributed by atoms with van der Waals surface area (Å²) in [6.45, 7) is 9.32. The van der Waals surface area contributed by atoms with Crippen LogP contribution in [0.3, 0.4) is 0 Å². The van der Waals surface area contributed by atoms with Gasteiger partial charge in [-0.05, 0) is 37.8 Å². The zero-order valence-corrected chi connectivity index (χ0v) is 11.0. The predicted octanol–water partition coefficient (Wildman–Crippen LogP) is 3.16. The summed E-state index contributed by atoms with van der Waals surface area (Å²) in [6, 6.07) is 0. The zero-order chi connectivity index (χ0) is 12.4. The van der Waals surface area contributed by atoms with Crippen molar-refractivity contribution in [1.29, 1.82) is 0 Å². The molecule has 2 nitrogen and oxygen atoms in total. The Kier molecular flexibility index (Phi) is 8.64. The summed E-state index contributed by atoms with van der Waals surface area (Å²) in [5.41, 5.74) is 3.68. The fraction of sp³-hybridized carbons (Fsp3) is 0.571. The van der Waals surface area contributed by atoms with E-state index in [-0.39, 0.29) is 6.61 Å². The summed E-state index contributed by atoms with van der Waals surface area (Å²) >= 11 is 0. The predicted molar refractivity (Wildman–Crippen MR) is 71.3 cm³/mol. The van der Waals surface area contributed by atoms with Crippen LogP contribution in [0.2, 0.25) is 0 Å². The Labute approximate surface area is 99.8 Å². The molecule has 0 unspecified atom stereocenters. The normalized spacial score (nSPS) is 14.9. The van der Waals surface area contributed by atoms with E-state index in [0.29, 0.717) is 0 Å². The molecule has 0 fully saturated rings. The number of hydrogen-bond donors (Lipinski definition) is 2. The minimum absolute atomic E-state index is 0.212. The van der Waals surface area contributed by atoms with Crippen LogP contribution in [0.1, 0.15) is 40.5 Å². The lowest BCUT2D eigenvalue weighted by molar-refractivity contribution is 0.299. The molecule has 1 aliphatic rings. The van der Waals surface area contributed by atoms with Crippen LogP contribution in [0, 0.1) is 0 Å². The molecule has 0 aromatic rings. The first-order valence-electron chi connectivity index (χ1n) is 6.21. The number of allylic oxidation sites excluding steroid dienone is 5. The minimum Gasteiger partial charge on any atom is -0.396 e. The Morgan fingerprint density at radius 1 is 1.38 bits per heavy atom. The van der Waals surface area contributed by atoms with E-state index in [9.17, 15) is 0 Å². The van der Waals surface area contributed by atoms with E-state index in [1.54, 1.807) is 0 Å². The third-order valence-corrected chi connectivity index (χ3v) is 2.36. The van der Waals surface area contributed by atoms with Gasteiger partial charge in [0, 0.05) is 18.8 Å². The van der Waals surface area contributed by atoms with E-state index in [1.165, 1.54) is 16.8 Å². The second-order valence-electron chi connectivity index (χ2n) is 3.42. The van der Waals surface area contributed by atoms with Gasteiger partial charge in [-0.3, -0.25) is 0 Å². The molecule has 2 N–H and O–H groups in total. The Hall–Kier alpha value is -1.02. The minimum atomic E-state index is 0.212. The second kappa shape index (κ2) is 9.22. The molecule has 0 aromatic heterocycles. The average Bonchev–Trinajstić information content (AvgIpc) is 2.48. The van der Waals surface area contributed by atoms with E-state index in [2.05, 4.69) is 37.4 Å². The summed E-state index contributed by atoms with van der Waals surface area (Å²) < 4.78 is 0. The van der Waals surface area contributed by atoms with Gasteiger partial charge in [0.2, 0.25) is 0 Å². The topological polar surface area (TPSA) is 32.3 Å². The Morgan fingerprint density at radius 2 is 2.06 bits per heavy atom. The van der Waals surface area contributed by atoms with E-state index in [4.69, 9.17) is 5.11 Å².